The first-order valence-corrected chi connectivity index (χ1v) is 8.09. The summed E-state index contributed by atoms with van der Waals surface area (Å²) in [5, 5.41) is 2.74. The molecule has 1 rings (SSSR count). The second kappa shape index (κ2) is 5.82. The fourth-order valence-corrected chi connectivity index (χ4v) is 3.32. The van der Waals surface area contributed by atoms with E-state index in [0.29, 0.717) is 0 Å². The first-order valence-electron chi connectivity index (χ1n) is 6.03. The van der Waals surface area contributed by atoms with Crippen molar-refractivity contribution in [2.45, 2.75) is 44.7 Å². The molecule has 0 aromatic rings. The third kappa shape index (κ3) is 5.04. The predicted octanol–water partition coefficient (Wildman–Crippen LogP) is 0.0532. The van der Waals surface area contributed by atoms with Crippen LogP contribution in [0.15, 0.2) is 0 Å². The topological polar surface area (TPSA) is 89.3 Å². The van der Waals surface area contributed by atoms with Gasteiger partial charge in [-0.3, -0.25) is 4.79 Å². The third-order valence-corrected chi connectivity index (χ3v) is 4.20. The summed E-state index contributed by atoms with van der Waals surface area (Å²) in [6, 6.07) is -0.444. The van der Waals surface area contributed by atoms with E-state index in [4.69, 9.17) is 5.73 Å². The third-order valence-electron chi connectivity index (χ3n) is 3.10. The highest BCUT2D eigenvalue weighted by Crippen LogP contribution is 2.23. The molecule has 0 aromatic heterocycles. The maximum absolute atomic E-state index is 11.9. The number of nitrogens with two attached hydrogens (primary N) is 1. The number of nitrogens with one attached hydrogen (secondary N) is 1. The Balaban J connectivity index is 2.48. The van der Waals surface area contributed by atoms with Crippen LogP contribution in [0.5, 0.6) is 0 Å². The maximum Gasteiger partial charge on any atom is 0.224 e. The fraction of sp³-hybridized carbons (Fsp3) is 0.909. The Labute approximate surface area is 103 Å². The molecule has 3 unspecified atom stereocenters. The molecule has 0 aromatic carbocycles. The quantitative estimate of drug-likeness (QED) is 0.749. The second-order valence-corrected chi connectivity index (χ2v) is 7.24. The first-order chi connectivity index (χ1) is 7.79. The lowest BCUT2D eigenvalue weighted by Gasteiger charge is -2.28. The highest BCUT2D eigenvalue weighted by molar-refractivity contribution is 7.90. The summed E-state index contributed by atoms with van der Waals surface area (Å²) in [6.07, 6.45) is 4.94. The van der Waals surface area contributed by atoms with E-state index in [0.717, 1.165) is 25.7 Å². The molecule has 3 N–H and O–H groups in total. The van der Waals surface area contributed by atoms with Gasteiger partial charge < -0.3 is 11.1 Å². The molecule has 1 aliphatic rings. The van der Waals surface area contributed by atoms with Crippen molar-refractivity contribution in [3.05, 3.63) is 0 Å². The average molecular weight is 262 g/mol. The Kier molecular flexibility index (Phi) is 4.94. The van der Waals surface area contributed by atoms with Crippen LogP contribution in [0.25, 0.3) is 0 Å². The van der Waals surface area contributed by atoms with E-state index in [1.54, 1.807) is 6.92 Å². The van der Waals surface area contributed by atoms with Gasteiger partial charge in [0.1, 0.15) is 9.84 Å². The van der Waals surface area contributed by atoms with E-state index < -0.39 is 9.84 Å². The number of hydrogen-bond donors (Lipinski definition) is 2. The van der Waals surface area contributed by atoms with Crippen LogP contribution in [0.4, 0.5) is 0 Å². The molecule has 100 valence electrons. The average Bonchev–Trinajstić information content (AvgIpc) is 2.14. The first kappa shape index (κ1) is 14.4. The van der Waals surface area contributed by atoms with Crippen molar-refractivity contribution in [2.75, 3.05) is 12.0 Å². The van der Waals surface area contributed by atoms with E-state index >= 15 is 0 Å². The van der Waals surface area contributed by atoms with Crippen LogP contribution in [0.3, 0.4) is 0 Å². The van der Waals surface area contributed by atoms with Gasteiger partial charge in [0, 0.05) is 18.3 Å². The lowest BCUT2D eigenvalue weighted by molar-refractivity contribution is -0.126. The van der Waals surface area contributed by atoms with Gasteiger partial charge in [-0.15, -0.1) is 0 Å². The summed E-state index contributed by atoms with van der Waals surface area (Å²) in [7, 11) is -3.06. The van der Waals surface area contributed by atoms with Crippen molar-refractivity contribution in [3.63, 3.8) is 0 Å². The Morgan fingerprint density at radius 3 is 2.53 bits per heavy atom. The molecule has 0 heterocycles. The molecule has 17 heavy (non-hydrogen) atoms. The van der Waals surface area contributed by atoms with E-state index in [1.807, 2.05) is 0 Å². The molecule has 3 atom stereocenters. The van der Waals surface area contributed by atoms with Crippen LogP contribution in [0.2, 0.25) is 0 Å². The Morgan fingerprint density at radius 1 is 1.41 bits per heavy atom. The normalized spacial score (nSPS) is 27.5. The van der Waals surface area contributed by atoms with E-state index in [9.17, 15) is 13.2 Å². The minimum Gasteiger partial charge on any atom is -0.352 e. The van der Waals surface area contributed by atoms with Crippen LogP contribution in [-0.2, 0) is 14.6 Å². The molecule has 0 aliphatic heterocycles. The molecule has 0 saturated heterocycles. The molecule has 1 aliphatic carbocycles. The van der Waals surface area contributed by atoms with Crippen molar-refractivity contribution >= 4 is 15.7 Å². The van der Waals surface area contributed by atoms with Crippen LogP contribution in [0.1, 0.15) is 32.6 Å². The lowest BCUT2D eigenvalue weighted by Crippen LogP contribution is -2.47. The van der Waals surface area contributed by atoms with Gasteiger partial charge >= 0.3 is 0 Å². The van der Waals surface area contributed by atoms with Gasteiger partial charge in [0.15, 0.2) is 0 Å². The highest BCUT2D eigenvalue weighted by atomic mass is 32.2. The van der Waals surface area contributed by atoms with Gasteiger partial charge in [0.25, 0.3) is 0 Å². The van der Waals surface area contributed by atoms with Crippen LogP contribution in [0, 0.1) is 5.92 Å². The van der Waals surface area contributed by atoms with Crippen molar-refractivity contribution in [2.24, 2.45) is 11.7 Å². The zero-order valence-electron chi connectivity index (χ0n) is 10.5. The Morgan fingerprint density at radius 2 is 2.00 bits per heavy atom. The molecular weight excluding hydrogens is 240 g/mol. The van der Waals surface area contributed by atoms with Gasteiger partial charge in [0.2, 0.25) is 5.91 Å². The predicted molar refractivity (Wildman–Crippen MR) is 67.2 cm³/mol. The molecule has 0 spiro atoms. The van der Waals surface area contributed by atoms with Gasteiger partial charge in [-0.2, -0.15) is 0 Å². The summed E-state index contributed by atoms with van der Waals surface area (Å²) in [6.45, 7) is 1.70. The summed E-state index contributed by atoms with van der Waals surface area (Å²) >= 11 is 0. The summed E-state index contributed by atoms with van der Waals surface area (Å²) in [4.78, 5) is 11.9. The summed E-state index contributed by atoms with van der Waals surface area (Å²) in [5.74, 6) is -0.292. The fourth-order valence-electron chi connectivity index (χ4n) is 2.33. The summed E-state index contributed by atoms with van der Waals surface area (Å²) < 4.78 is 22.2. The number of sulfone groups is 1. The molecule has 1 amide bonds. The Hall–Kier alpha value is -0.620. The lowest BCUT2D eigenvalue weighted by atomic mass is 9.84. The number of hydrogen-bond acceptors (Lipinski definition) is 4. The van der Waals surface area contributed by atoms with Crippen molar-refractivity contribution < 1.29 is 13.2 Å². The van der Waals surface area contributed by atoms with Crippen molar-refractivity contribution in [1.29, 1.82) is 0 Å². The van der Waals surface area contributed by atoms with Crippen LogP contribution < -0.4 is 11.1 Å². The van der Waals surface area contributed by atoms with Crippen molar-refractivity contribution in [1.82, 2.24) is 5.32 Å². The van der Waals surface area contributed by atoms with Crippen LogP contribution >= 0.6 is 0 Å². The summed E-state index contributed by atoms with van der Waals surface area (Å²) in [5.41, 5.74) is 5.90. The molecule has 1 fully saturated rings. The molecule has 0 radical (unpaired) electrons. The smallest absolute Gasteiger partial charge is 0.224 e. The largest absolute Gasteiger partial charge is 0.352 e. The minimum atomic E-state index is -3.06. The monoisotopic (exact) mass is 262 g/mol. The van der Waals surface area contributed by atoms with Crippen LogP contribution in [-0.4, -0.2) is 38.4 Å². The highest BCUT2D eigenvalue weighted by Gasteiger charge is 2.29. The van der Waals surface area contributed by atoms with Gasteiger partial charge in [-0.25, -0.2) is 8.42 Å². The van der Waals surface area contributed by atoms with Gasteiger partial charge in [-0.1, -0.05) is 12.8 Å². The number of rotatable bonds is 4. The maximum atomic E-state index is 11.9. The zero-order chi connectivity index (χ0) is 13.1. The number of carbonyl (C=O) groups excluding carboxylic acids is 1. The van der Waals surface area contributed by atoms with Gasteiger partial charge in [-0.05, 0) is 19.8 Å². The number of amides is 1. The minimum absolute atomic E-state index is 0.0271. The van der Waals surface area contributed by atoms with E-state index in [-0.39, 0.29) is 29.7 Å². The SMILES string of the molecule is CC(CS(C)(=O)=O)NC(=O)C1CCCCC1N. The molecule has 5 nitrogen and oxygen atoms in total. The van der Waals surface area contributed by atoms with E-state index in [2.05, 4.69) is 5.32 Å². The van der Waals surface area contributed by atoms with Crippen molar-refractivity contribution in [3.8, 4) is 0 Å². The zero-order valence-corrected chi connectivity index (χ0v) is 11.3. The molecule has 1 saturated carbocycles. The second-order valence-electron chi connectivity index (χ2n) is 5.06. The molecular formula is C11H22N2O3S. The molecule has 6 heteroatoms. The molecule has 0 bridgehead atoms. The van der Waals surface area contributed by atoms with Gasteiger partial charge in [0.05, 0.1) is 11.7 Å². The Bertz CT molecular complexity index is 367. The number of carbonyl (C=O) groups is 1. The van der Waals surface area contributed by atoms with E-state index in [1.165, 1.54) is 6.26 Å². The standard InChI is InChI=1S/C11H22N2O3S/c1-8(7-17(2,15)16)13-11(14)9-5-3-4-6-10(9)12/h8-10H,3-7,12H2,1-2H3,(H,13,14).